The summed E-state index contributed by atoms with van der Waals surface area (Å²) < 4.78 is 16.8. The fraction of sp³-hybridized carbons (Fsp3) is 0.885. The number of unbranched alkanes of at least 4 members (excludes halogenated alkanes) is 40. The Balaban J connectivity index is 4.05. The highest BCUT2D eigenvalue weighted by Gasteiger charge is 2.19. The zero-order valence-corrected chi connectivity index (χ0v) is 45.2. The highest BCUT2D eigenvalue weighted by atomic mass is 16.6. The predicted octanol–water partition coefficient (Wildman–Crippen LogP) is 19.9. The van der Waals surface area contributed by atoms with Crippen LogP contribution in [0.15, 0.2) is 24.3 Å². The van der Waals surface area contributed by atoms with E-state index in [9.17, 15) is 14.4 Å². The van der Waals surface area contributed by atoms with Crippen LogP contribution in [0.3, 0.4) is 0 Å². The molecular weight excluding hydrogens is 829 g/mol. The average Bonchev–Trinajstić information content (AvgIpc) is 3.33. The molecule has 6 heteroatoms. The SMILES string of the molecule is CCCCCCC/C=C\C/C=C\CCCCCCCCCCCCCCCCCC(=O)OCC(COC(=O)CCCCCCCCC)OC(=O)CCCCCCCCCCCCCCCCC. The molecule has 1 atom stereocenters. The topological polar surface area (TPSA) is 78.9 Å². The summed E-state index contributed by atoms with van der Waals surface area (Å²) in [6.07, 6.45) is 66.3. The van der Waals surface area contributed by atoms with E-state index in [-0.39, 0.29) is 31.1 Å². The molecule has 0 saturated carbocycles. The molecule has 0 aromatic heterocycles. The van der Waals surface area contributed by atoms with Crippen LogP contribution < -0.4 is 0 Å². The molecule has 0 aliphatic heterocycles. The molecule has 1 unspecified atom stereocenters. The second kappa shape index (κ2) is 56.5. The van der Waals surface area contributed by atoms with E-state index in [0.29, 0.717) is 19.3 Å². The largest absolute Gasteiger partial charge is 0.462 e. The number of hydrogen-bond acceptors (Lipinski definition) is 6. The summed E-state index contributed by atoms with van der Waals surface area (Å²) in [5, 5.41) is 0. The van der Waals surface area contributed by atoms with E-state index >= 15 is 0 Å². The number of rotatable bonds is 55. The van der Waals surface area contributed by atoms with E-state index in [4.69, 9.17) is 14.2 Å². The van der Waals surface area contributed by atoms with Gasteiger partial charge in [-0.05, 0) is 51.4 Å². The van der Waals surface area contributed by atoms with Crippen molar-refractivity contribution in [1.82, 2.24) is 0 Å². The Hall–Kier alpha value is -2.11. The highest BCUT2D eigenvalue weighted by molar-refractivity contribution is 5.71. The molecule has 0 aromatic rings. The monoisotopic (exact) mass is 943 g/mol. The first-order valence-corrected chi connectivity index (χ1v) is 29.8. The quantitative estimate of drug-likeness (QED) is 0.0262. The van der Waals surface area contributed by atoms with Gasteiger partial charge in [0.1, 0.15) is 13.2 Å². The lowest BCUT2D eigenvalue weighted by molar-refractivity contribution is -0.167. The van der Waals surface area contributed by atoms with Crippen LogP contribution in [0.2, 0.25) is 0 Å². The number of carbonyl (C=O) groups is 3. The fourth-order valence-electron chi connectivity index (χ4n) is 8.95. The first-order valence-electron chi connectivity index (χ1n) is 29.8. The van der Waals surface area contributed by atoms with Gasteiger partial charge in [-0.25, -0.2) is 0 Å². The fourth-order valence-corrected chi connectivity index (χ4v) is 8.95. The van der Waals surface area contributed by atoms with Gasteiger partial charge in [0.25, 0.3) is 0 Å². The summed E-state index contributed by atoms with van der Waals surface area (Å²) in [6.45, 7) is 6.63. The Morgan fingerprint density at radius 1 is 0.299 bits per heavy atom. The van der Waals surface area contributed by atoms with Crippen LogP contribution in [0.5, 0.6) is 0 Å². The Labute approximate surface area is 417 Å². The van der Waals surface area contributed by atoms with Gasteiger partial charge in [-0.1, -0.05) is 283 Å². The summed E-state index contributed by atoms with van der Waals surface area (Å²) in [5.41, 5.74) is 0. The molecule has 0 rings (SSSR count). The zero-order chi connectivity index (χ0) is 48.6. The summed E-state index contributed by atoms with van der Waals surface area (Å²) in [5.74, 6) is -0.852. The molecule has 0 radical (unpaired) electrons. The Kier molecular flexibility index (Phi) is 54.7. The average molecular weight is 944 g/mol. The summed E-state index contributed by atoms with van der Waals surface area (Å²) in [7, 11) is 0. The molecule has 0 aliphatic rings. The minimum Gasteiger partial charge on any atom is -0.462 e. The van der Waals surface area contributed by atoms with Gasteiger partial charge in [-0.3, -0.25) is 14.4 Å². The van der Waals surface area contributed by atoms with Crippen molar-refractivity contribution >= 4 is 17.9 Å². The Morgan fingerprint density at radius 3 is 0.821 bits per heavy atom. The number of ether oxygens (including phenoxy) is 3. The molecule has 0 N–H and O–H groups in total. The van der Waals surface area contributed by atoms with Crippen molar-refractivity contribution < 1.29 is 28.6 Å². The van der Waals surface area contributed by atoms with Crippen LogP contribution in [0.1, 0.15) is 329 Å². The van der Waals surface area contributed by atoms with Crippen molar-refractivity contribution in [1.29, 1.82) is 0 Å². The Bertz CT molecular complexity index is 1080. The van der Waals surface area contributed by atoms with Gasteiger partial charge in [0, 0.05) is 19.3 Å². The highest BCUT2D eigenvalue weighted by Crippen LogP contribution is 2.17. The summed E-state index contributed by atoms with van der Waals surface area (Å²) >= 11 is 0. The van der Waals surface area contributed by atoms with Crippen LogP contribution in [0.4, 0.5) is 0 Å². The Morgan fingerprint density at radius 2 is 0.537 bits per heavy atom. The normalized spacial score (nSPS) is 12.1. The molecule has 0 fully saturated rings. The molecular formula is C61H114O6. The summed E-state index contributed by atoms with van der Waals surface area (Å²) in [4.78, 5) is 37.9. The summed E-state index contributed by atoms with van der Waals surface area (Å²) in [6, 6.07) is 0. The van der Waals surface area contributed by atoms with Gasteiger partial charge in [0.05, 0.1) is 0 Å². The number of hydrogen-bond donors (Lipinski definition) is 0. The van der Waals surface area contributed by atoms with E-state index < -0.39 is 6.10 Å². The van der Waals surface area contributed by atoms with Crippen molar-refractivity contribution in [3.63, 3.8) is 0 Å². The standard InChI is InChI=1S/C61H114O6/c1-4-7-10-13-16-18-20-22-24-25-26-27-28-29-30-31-32-33-34-35-37-38-40-42-45-48-51-54-60(63)66-57-58(56-65-59(62)53-50-47-44-15-12-9-6-3)67-61(64)55-52-49-46-43-41-39-36-23-21-19-17-14-11-8-5-2/h20,22,25-26,58H,4-19,21,23-24,27-57H2,1-3H3/b22-20-,26-25-. The molecule has 0 saturated heterocycles. The lowest BCUT2D eigenvalue weighted by Gasteiger charge is -2.18. The van der Waals surface area contributed by atoms with Gasteiger partial charge in [-0.2, -0.15) is 0 Å². The van der Waals surface area contributed by atoms with Gasteiger partial charge in [0.2, 0.25) is 0 Å². The number of esters is 3. The maximum atomic E-state index is 12.8. The third-order valence-electron chi connectivity index (χ3n) is 13.5. The molecule has 0 aromatic carbocycles. The zero-order valence-electron chi connectivity index (χ0n) is 45.2. The van der Waals surface area contributed by atoms with E-state index in [0.717, 1.165) is 64.2 Å². The van der Waals surface area contributed by atoms with Crippen LogP contribution in [-0.4, -0.2) is 37.2 Å². The molecule has 0 spiro atoms. The molecule has 0 aliphatic carbocycles. The van der Waals surface area contributed by atoms with E-state index in [1.807, 2.05) is 0 Å². The minimum atomic E-state index is -0.763. The van der Waals surface area contributed by atoms with Gasteiger partial charge in [0.15, 0.2) is 6.10 Å². The number of allylic oxidation sites excluding steroid dienone is 4. The maximum Gasteiger partial charge on any atom is 0.306 e. The third-order valence-corrected chi connectivity index (χ3v) is 13.5. The predicted molar refractivity (Wildman–Crippen MR) is 289 cm³/mol. The lowest BCUT2D eigenvalue weighted by Crippen LogP contribution is -2.30. The number of carbonyl (C=O) groups excluding carboxylic acids is 3. The van der Waals surface area contributed by atoms with Crippen molar-refractivity contribution in [3.05, 3.63) is 24.3 Å². The second-order valence-electron chi connectivity index (χ2n) is 20.3. The van der Waals surface area contributed by atoms with E-state index in [2.05, 4.69) is 45.1 Å². The maximum absolute atomic E-state index is 12.8. The molecule has 67 heavy (non-hydrogen) atoms. The first kappa shape index (κ1) is 64.9. The second-order valence-corrected chi connectivity index (χ2v) is 20.3. The third kappa shape index (κ3) is 54.7. The van der Waals surface area contributed by atoms with Crippen LogP contribution in [0, 0.1) is 0 Å². The van der Waals surface area contributed by atoms with Crippen LogP contribution in [-0.2, 0) is 28.6 Å². The van der Waals surface area contributed by atoms with Crippen LogP contribution >= 0.6 is 0 Å². The lowest BCUT2D eigenvalue weighted by atomic mass is 10.0. The van der Waals surface area contributed by atoms with Gasteiger partial charge in [-0.15, -0.1) is 0 Å². The van der Waals surface area contributed by atoms with Crippen molar-refractivity contribution in [2.45, 2.75) is 335 Å². The van der Waals surface area contributed by atoms with Gasteiger partial charge < -0.3 is 14.2 Å². The van der Waals surface area contributed by atoms with E-state index in [1.165, 1.54) is 225 Å². The van der Waals surface area contributed by atoms with Gasteiger partial charge >= 0.3 is 17.9 Å². The molecule has 0 heterocycles. The van der Waals surface area contributed by atoms with Crippen molar-refractivity contribution in [2.75, 3.05) is 13.2 Å². The molecule has 0 bridgehead atoms. The minimum absolute atomic E-state index is 0.0657. The first-order chi connectivity index (χ1) is 33.0. The van der Waals surface area contributed by atoms with Crippen molar-refractivity contribution in [3.8, 4) is 0 Å². The van der Waals surface area contributed by atoms with E-state index in [1.54, 1.807) is 0 Å². The van der Waals surface area contributed by atoms with Crippen molar-refractivity contribution in [2.24, 2.45) is 0 Å². The smallest absolute Gasteiger partial charge is 0.306 e. The molecule has 0 amide bonds. The molecule has 394 valence electrons. The van der Waals surface area contributed by atoms with Crippen LogP contribution in [0.25, 0.3) is 0 Å². The molecule has 6 nitrogen and oxygen atoms in total.